The molecule has 0 spiro atoms. The number of benzene rings is 1. The Kier molecular flexibility index (Phi) is 3.88. The molecule has 1 heterocycles. The molecular weight excluding hydrogens is 244 g/mol. The Balaban J connectivity index is 2.54. The van der Waals surface area contributed by atoms with Crippen molar-refractivity contribution < 1.29 is 0 Å². The van der Waals surface area contributed by atoms with Crippen molar-refractivity contribution in [2.45, 2.75) is 27.2 Å². The molecule has 1 aromatic heterocycles. The van der Waals surface area contributed by atoms with Gasteiger partial charge in [-0.3, -0.25) is 4.98 Å². The number of hydrogen-bond donors (Lipinski definition) is 1. The van der Waals surface area contributed by atoms with Crippen LogP contribution in [0.5, 0.6) is 0 Å². The third kappa shape index (κ3) is 2.65. The van der Waals surface area contributed by atoms with Crippen LogP contribution in [0.1, 0.15) is 23.7 Å². The van der Waals surface area contributed by atoms with E-state index in [0.717, 1.165) is 33.6 Å². The molecule has 0 amide bonds. The minimum Gasteiger partial charge on any atom is -0.330 e. The van der Waals surface area contributed by atoms with Gasteiger partial charge in [0, 0.05) is 16.1 Å². The lowest BCUT2D eigenvalue weighted by atomic mass is 10.0. The van der Waals surface area contributed by atoms with Crippen LogP contribution in [0.15, 0.2) is 18.2 Å². The zero-order valence-electron chi connectivity index (χ0n) is 11.1. The molecule has 0 aliphatic heterocycles. The van der Waals surface area contributed by atoms with Crippen LogP contribution in [0.2, 0.25) is 5.02 Å². The van der Waals surface area contributed by atoms with Crippen LogP contribution in [-0.4, -0.2) is 11.5 Å². The molecule has 1 unspecified atom stereocenters. The van der Waals surface area contributed by atoms with Crippen LogP contribution in [-0.2, 0) is 6.42 Å². The van der Waals surface area contributed by atoms with Gasteiger partial charge in [-0.2, -0.15) is 0 Å². The number of fused-ring (bicyclic) bond motifs is 1. The van der Waals surface area contributed by atoms with Gasteiger partial charge < -0.3 is 5.73 Å². The van der Waals surface area contributed by atoms with Gasteiger partial charge in [0.2, 0.25) is 0 Å². The first-order valence-electron chi connectivity index (χ1n) is 6.27. The molecule has 18 heavy (non-hydrogen) atoms. The third-order valence-electron chi connectivity index (χ3n) is 3.29. The average Bonchev–Trinajstić information content (AvgIpc) is 2.30. The first-order chi connectivity index (χ1) is 8.51. The van der Waals surface area contributed by atoms with E-state index >= 15 is 0 Å². The number of rotatable bonds is 3. The van der Waals surface area contributed by atoms with Crippen LogP contribution in [0, 0.1) is 19.8 Å². The fourth-order valence-electron chi connectivity index (χ4n) is 2.23. The van der Waals surface area contributed by atoms with Gasteiger partial charge in [-0.25, -0.2) is 0 Å². The number of nitrogens with zero attached hydrogens (tertiary/aromatic N) is 1. The average molecular weight is 263 g/mol. The Labute approximate surface area is 113 Å². The van der Waals surface area contributed by atoms with Crippen LogP contribution in [0.4, 0.5) is 0 Å². The minimum atomic E-state index is 0.460. The highest BCUT2D eigenvalue weighted by molar-refractivity contribution is 6.31. The smallest absolute Gasteiger partial charge is 0.0738 e. The largest absolute Gasteiger partial charge is 0.330 e. The molecule has 0 saturated carbocycles. The molecular formula is C15H19ClN2. The number of nitrogens with two attached hydrogens (primary N) is 1. The molecule has 96 valence electrons. The van der Waals surface area contributed by atoms with Gasteiger partial charge in [0.15, 0.2) is 0 Å². The third-order valence-corrected chi connectivity index (χ3v) is 3.51. The maximum absolute atomic E-state index is 6.10. The predicted molar refractivity (Wildman–Crippen MR) is 78.1 cm³/mol. The Hall–Kier alpha value is -1.12. The first-order valence-corrected chi connectivity index (χ1v) is 6.65. The van der Waals surface area contributed by atoms with Gasteiger partial charge in [0.05, 0.1) is 5.52 Å². The van der Waals surface area contributed by atoms with Crippen molar-refractivity contribution in [3.05, 3.63) is 40.0 Å². The second kappa shape index (κ2) is 5.25. The maximum Gasteiger partial charge on any atom is 0.0738 e. The Morgan fingerprint density at radius 2 is 1.94 bits per heavy atom. The van der Waals surface area contributed by atoms with Crippen molar-refractivity contribution in [1.29, 1.82) is 0 Å². The minimum absolute atomic E-state index is 0.460. The second-order valence-electron chi connectivity index (χ2n) is 5.09. The van der Waals surface area contributed by atoms with E-state index in [9.17, 15) is 0 Å². The Morgan fingerprint density at radius 3 is 2.61 bits per heavy atom. The summed E-state index contributed by atoms with van der Waals surface area (Å²) in [5.41, 5.74) is 10.2. The van der Waals surface area contributed by atoms with E-state index in [-0.39, 0.29) is 0 Å². The van der Waals surface area contributed by atoms with Crippen molar-refractivity contribution in [3.8, 4) is 0 Å². The molecule has 2 rings (SSSR count). The number of hydrogen-bond acceptors (Lipinski definition) is 2. The zero-order valence-corrected chi connectivity index (χ0v) is 11.9. The second-order valence-corrected chi connectivity index (χ2v) is 5.53. The van der Waals surface area contributed by atoms with Crippen LogP contribution >= 0.6 is 11.6 Å². The highest BCUT2D eigenvalue weighted by Gasteiger charge is 2.09. The molecule has 0 saturated heterocycles. The van der Waals surface area contributed by atoms with Crippen LogP contribution in [0.3, 0.4) is 0 Å². The zero-order chi connectivity index (χ0) is 13.3. The highest BCUT2D eigenvalue weighted by atomic mass is 35.5. The van der Waals surface area contributed by atoms with E-state index in [2.05, 4.69) is 26.8 Å². The van der Waals surface area contributed by atoms with Gasteiger partial charge in [0.1, 0.15) is 0 Å². The van der Waals surface area contributed by atoms with Gasteiger partial charge in [0.25, 0.3) is 0 Å². The van der Waals surface area contributed by atoms with E-state index in [4.69, 9.17) is 22.3 Å². The Bertz CT molecular complexity index is 578. The van der Waals surface area contributed by atoms with Gasteiger partial charge >= 0.3 is 0 Å². The van der Waals surface area contributed by atoms with E-state index in [1.165, 1.54) is 5.56 Å². The standard InChI is InChI=1S/C15H19ClN2/c1-9(8-17)4-13-6-10(2)14-7-12(16)5-11(3)15(14)18-13/h5-7,9H,4,8,17H2,1-3H3. The summed E-state index contributed by atoms with van der Waals surface area (Å²) in [5.74, 6) is 0.460. The molecule has 0 aliphatic rings. The lowest BCUT2D eigenvalue weighted by molar-refractivity contribution is 0.585. The summed E-state index contributed by atoms with van der Waals surface area (Å²) in [5, 5.41) is 1.91. The number of aromatic nitrogens is 1. The summed E-state index contributed by atoms with van der Waals surface area (Å²) in [7, 11) is 0. The molecule has 0 fully saturated rings. The van der Waals surface area contributed by atoms with Crippen LogP contribution in [0.25, 0.3) is 10.9 Å². The summed E-state index contributed by atoms with van der Waals surface area (Å²) in [6.07, 6.45) is 0.926. The predicted octanol–water partition coefficient (Wildman–Crippen LogP) is 3.64. The molecule has 0 radical (unpaired) electrons. The van der Waals surface area contributed by atoms with Crippen molar-refractivity contribution in [2.24, 2.45) is 11.7 Å². The summed E-state index contributed by atoms with van der Waals surface area (Å²) in [6.45, 7) is 7.00. The molecule has 2 nitrogen and oxygen atoms in total. The molecule has 2 aromatic rings. The molecule has 3 heteroatoms. The maximum atomic E-state index is 6.10. The lowest BCUT2D eigenvalue weighted by Crippen LogP contribution is -2.14. The number of halogens is 1. The summed E-state index contributed by atoms with van der Waals surface area (Å²) in [4.78, 5) is 4.75. The fourth-order valence-corrected chi connectivity index (χ4v) is 2.51. The van der Waals surface area contributed by atoms with Crippen molar-refractivity contribution in [1.82, 2.24) is 4.98 Å². The van der Waals surface area contributed by atoms with E-state index in [1.807, 2.05) is 12.1 Å². The van der Waals surface area contributed by atoms with E-state index < -0.39 is 0 Å². The SMILES string of the molecule is Cc1cc(CC(C)CN)nc2c(C)cc(Cl)cc12. The quantitative estimate of drug-likeness (QED) is 0.917. The fraction of sp³-hybridized carbons (Fsp3) is 0.400. The Morgan fingerprint density at radius 1 is 1.22 bits per heavy atom. The monoisotopic (exact) mass is 262 g/mol. The number of aryl methyl sites for hydroxylation is 2. The first kappa shape index (κ1) is 13.3. The molecule has 1 atom stereocenters. The topological polar surface area (TPSA) is 38.9 Å². The molecule has 0 bridgehead atoms. The molecule has 2 N–H and O–H groups in total. The van der Waals surface area contributed by atoms with Crippen molar-refractivity contribution in [3.63, 3.8) is 0 Å². The van der Waals surface area contributed by atoms with Crippen LogP contribution < -0.4 is 5.73 Å². The molecule has 0 aliphatic carbocycles. The summed E-state index contributed by atoms with van der Waals surface area (Å²) < 4.78 is 0. The van der Waals surface area contributed by atoms with Gasteiger partial charge in [-0.15, -0.1) is 0 Å². The van der Waals surface area contributed by atoms with Crippen molar-refractivity contribution in [2.75, 3.05) is 6.54 Å². The van der Waals surface area contributed by atoms with Crippen molar-refractivity contribution >= 4 is 22.5 Å². The highest BCUT2D eigenvalue weighted by Crippen LogP contribution is 2.26. The molecule has 1 aromatic carbocycles. The normalized spacial score (nSPS) is 12.9. The lowest BCUT2D eigenvalue weighted by Gasteiger charge is -2.12. The van der Waals surface area contributed by atoms with Gasteiger partial charge in [-0.1, -0.05) is 18.5 Å². The van der Waals surface area contributed by atoms with E-state index in [1.54, 1.807) is 0 Å². The van der Waals surface area contributed by atoms with Gasteiger partial charge in [-0.05, 0) is 62.1 Å². The summed E-state index contributed by atoms with van der Waals surface area (Å²) in [6, 6.07) is 6.10. The van der Waals surface area contributed by atoms with E-state index in [0.29, 0.717) is 12.5 Å². The summed E-state index contributed by atoms with van der Waals surface area (Å²) >= 11 is 6.10. The number of pyridine rings is 1.